The molecule has 1 heterocycles. The third kappa shape index (κ3) is 5.22. The van der Waals surface area contributed by atoms with E-state index in [1.54, 1.807) is 49.5 Å². The Morgan fingerprint density at radius 2 is 2.09 bits per heavy atom. The molecule has 0 aliphatic heterocycles. The van der Waals surface area contributed by atoms with Crippen LogP contribution in [-0.2, 0) is 14.8 Å². The fourth-order valence-electron chi connectivity index (χ4n) is 1.82. The van der Waals surface area contributed by atoms with Gasteiger partial charge in [0.25, 0.3) is 0 Å². The van der Waals surface area contributed by atoms with Crippen LogP contribution in [0.3, 0.4) is 0 Å². The Hall–Kier alpha value is -2.12. The maximum atomic E-state index is 11.9. The van der Waals surface area contributed by atoms with Crippen LogP contribution in [0.25, 0.3) is 6.08 Å². The molecule has 0 atom stereocenters. The summed E-state index contributed by atoms with van der Waals surface area (Å²) in [5, 5.41) is 6.64. The van der Waals surface area contributed by atoms with Crippen molar-refractivity contribution in [3.8, 4) is 0 Å². The van der Waals surface area contributed by atoms with Crippen molar-refractivity contribution in [2.45, 2.75) is 13.8 Å². The fraction of sp³-hybridized carbons (Fsp3) is 0.188. The van der Waals surface area contributed by atoms with Crippen LogP contribution in [0.15, 0.2) is 41.1 Å². The minimum atomic E-state index is -3.31. The lowest BCUT2D eigenvalue weighted by molar-refractivity contribution is -0.111. The monoisotopic (exact) mass is 350 g/mol. The molecular formula is C16H18N2O3S2. The van der Waals surface area contributed by atoms with E-state index >= 15 is 0 Å². The quantitative estimate of drug-likeness (QED) is 0.783. The van der Waals surface area contributed by atoms with Crippen LogP contribution >= 0.6 is 11.3 Å². The van der Waals surface area contributed by atoms with Crippen LogP contribution < -0.4 is 10.0 Å². The highest BCUT2D eigenvalue weighted by Gasteiger charge is 2.09. The van der Waals surface area contributed by atoms with Gasteiger partial charge in [0.15, 0.2) is 0 Å². The number of carbonyl (C=O) groups is 1. The van der Waals surface area contributed by atoms with Crippen LogP contribution in [0.4, 0.5) is 11.4 Å². The number of anilines is 2. The number of hydrogen-bond acceptors (Lipinski definition) is 4. The van der Waals surface area contributed by atoms with Gasteiger partial charge in [0.1, 0.15) is 0 Å². The number of aryl methyl sites for hydroxylation is 1. The van der Waals surface area contributed by atoms with Gasteiger partial charge >= 0.3 is 0 Å². The molecule has 0 spiro atoms. The van der Waals surface area contributed by atoms with Crippen molar-refractivity contribution < 1.29 is 13.2 Å². The van der Waals surface area contributed by atoms with E-state index in [9.17, 15) is 13.2 Å². The summed E-state index contributed by atoms with van der Waals surface area (Å²) < 4.78 is 25.7. The van der Waals surface area contributed by atoms with Crippen LogP contribution in [0.5, 0.6) is 0 Å². The van der Waals surface area contributed by atoms with Crippen LogP contribution in [-0.4, -0.2) is 20.1 Å². The molecule has 0 aliphatic rings. The molecule has 0 unspecified atom stereocenters. The SMILES string of the molecule is CCS(=O)(=O)Nc1ccc(NC(=O)/C=C/c2ccsc2)cc1C. The van der Waals surface area contributed by atoms with Gasteiger partial charge in [-0.1, -0.05) is 0 Å². The van der Waals surface area contributed by atoms with Crippen LogP contribution in [0.1, 0.15) is 18.1 Å². The molecule has 23 heavy (non-hydrogen) atoms. The Morgan fingerprint density at radius 1 is 1.30 bits per heavy atom. The summed E-state index contributed by atoms with van der Waals surface area (Å²) in [4.78, 5) is 11.9. The molecular weight excluding hydrogens is 332 g/mol. The molecule has 0 fully saturated rings. The Kier molecular flexibility index (Phi) is 5.57. The maximum absolute atomic E-state index is 11.9. The molecule has 1 aromatic carbocycles. The summed E-state index contributed by atoms with van der Waals surface area (Å²) in [6.45, 7) is 3.36. The van der Waals surface area contributed by atoms with E-state index in [1.807, 2.05) is 16.8 Å². The molecule has 0 bridgehead atoms. The summed E-state index contributed by atoms with van der Waals surface area (Å²) in [5.41, 5.74) is 2.84. The minimum absolute atomic E-state index is 0.0122. The van der Waals surface area contributed by atoms with Crippen LogP contribution in [0.2, 0.25) is 0 Å². The van der Waals surface area contributed by atoms with E-state index in [4.69, 9.17) is 0 Å². The summed E-state index contributed by atoms with van der Waals surface area (Å²) in [5.74, 6) is -0.226. The molecule has 0 radical (unpaired) electrons. The number of hydrogen-bond donors (Lipinski definition) is 2. The maximum Gasteiger partial charge on any atom is 0.248 e. The van der Waals surface area contributed by atoms with Gasteiger partial charge in [-0.2, -0.15) is 11.3 Å². The highest BCUT2D eigenvalue weighted by atomic mass is 32.2. The van der Waals surface area contributed by atoms with Gasteiger partial charge in [0.05, 0.1) is 11.4 Å². The van der Waals surface area contributed by atoms with Crippen molar-refractivity contribution >= 4 is 44.7 Å². The molecule has 2 rings (SSSR count). The van der Waals surface area contributed by atoms with Gasteiger partial charge in [-0.15, -0.1) is 0 Å². The first-order chi connectivity index (χ1) is 10.9. The van der Waals surface area contributed by atoms with Crippen molar-refractivity contribution in [1.82, 2.24) is 0 Å². The number of nitrogens with one attached hydrogen (secondary N) is 2. The van der Waals surface area contributed by atoms with Gasteiger partial charge in [0.2, 0.25) is 15.9 Å². The van der Waals surface area contributed by atoms with E-state index in [1.165, 1.54) is 6.08 Å². The Morgan fingerprint density at radius 3 is 2.70 bits per heavy atom. The van der Waals surface area contributed by atoms with Gasteiger partial charge < -0.3 is 5.32 Å². The lowest BCUT2D eigenvalue weighted by Crippen LogP contribution is -2.15. The highest BCUT2D eigenvalue weighted by molar-refractivity contribution is 7.92. The molecule has 5 nitrogen and oxygen atoms in total. The predicted octanol–water partition coefficient (Wildman–Crippen LogP) is 3.47. The first-order valence-corrected chi connectivity index (χ1v) is 9.61. The third-order valence-corrected chi connectivity index (χ3v) is 5.10. The summed E-state index contributed by atoms with van der Waals surface area (Å²) in [7, 11) is -3.31. The van der Waals surface area contributed by atoms with E-state index in [0.29, 0.717) is 11.4 Å². The first-order valence-electron chi connectivity index (χ1n) is 7.02. The Bertz CT molecular complexity index is 810. The second-order valence-electron chi connectivity index (χ2n) is 4.91. The number of rotatable bonds is 6. The van der Waals surface area contributed by atoms with Crippen molar-refractivity contribution in [2.24, 2.45) is 0 Å². The zero-order chi connectivity index (χ0) is 16.9. The van der Waals surface area contributed by atoms with Crippen molar-refractivity contribution in [1.29, 1.82) is 0 Å². The average Bonchev–Trinajstić information content (AvgIpc) is 3.01. The number of carbonyl (C=O) groups excluding carboxylic acids is 1. The molecule has 0 aliphatic carbocycles. The lowest BCUT2D eigenvalue weighted by Gasteiger charge is -2.11. The molecule has 2 aromatic rings. The van der Waals surface area contributed by atoms with E-state index in [2.05, 4.69) is 10.0 Å². The second kappa shape index (κ2) is 7.43. The number of amides is 1. The average molecular weight is 350 g/mol. The zero-order valence-corrected chi connectivity index (χ0v) is 14.5. The lowest BCUT2D eigenvalue weighted by atomic mass is 10.2. The minimum Gasteiger partial charge on any atom is -0.323 e. The van der Waals surface area contributed by atoms with Gasteiger partial charge in [-0.05, 0) is 66.1 Å². The largest absolute Gasteiger partial charge is 0.323 e. The molecule has 1 aromatic heterocycles. The Labute approximate surface area is 140 Å². The fourth-order valence-corrected chi connectivity index (χ4v) is 3.16. The predicted molar refractivity (Wildman–Crippen MR) is 96.2 cm³/mol. The van der Waals surface area contributed by atoms with E-state index in [0.717, 1.165) is 11.1 Å². The second-order valence-corrected chi connectivity index (χ2v) is 7.71. The van der Waals surface area contributed by atoms with Gasteiger partial charge in [-0.25, -0.2) is 8.42 Å². The van der Waals surface area contributed by atoms with E-state index in [-0.39, 0.29) is 11.7 Å². The highest BCUT2D eigenvalue weighted by Crippen LogP contribution is 2.21. The summed E-state index contributed by atoms with van der Waals surface area (Å²) in [6.07, 6.45) is 3.20. The smallest absolute Gasteiger partial charge is 0.248 e. The van der Waals surface area contributed by atoms with E-state index < -0.39 is 10.0 Å². The normalized spacial score (nSPS) is 11.6. The van der Waals surface area contributed by atoms with Crippen molar-refractivity contribution in [3.05, 3.63) is 52.2 Å². The van der Waals surface area contributed by atoms with Crippen molar-refractivity contribution in [2.75, 3.05) is 15.8 Å². The third-order valence-electron chi connectivity index (χ3n) is 3.11. The van der Waals surface area contributed by atoms with Crippen LogP contribution in [0, 0.1) is 6.92 Å². The first kappa shape index (κ1) is 17.2. The molecule has 0 saturated heterocycles. The summed E-state index contributed by atoms with van der Waals surface area (Å²) >= 11 is 1.57. The number of thiophene rings is 1. The number of sulfonamides is 1. The molecule has 122 valence electrons. The zero-order valence-electron chi connectivity index (χ0n) is 12.9. The molecule has 7 heteroatoms. The van der Waals surface area contributed by atoms with Crippen molar-refractivity contribution in [3.63, 3.8) is 0 Å². The molecule has 1 amide bonds. The van der Waals surface area contributed by atoms with Gasteiger partial charge in [0, 0.05) is 11.8 Å². The molecule has 0 saturated carbocycles. The Balaban J connectivity index is 2.04. The molecule has 2 N–H and O–H groups in total. The standard InChI is InChI=1S/C16H18N2O3S2/c1-3-23(20,21)18-15-6-5-14(10-12(15)2)17-16(19)7-4-13-8-9-22-11-13/h4-11,18H,3H2,1-2H3,(H,17,19)/b7-4+. The topological polar surface area (TPSA) is 75.3 Å². The van der Waals surface area contributed by atoms with Gasteiger partial charge in [-0.3, -0.25) is 9.52 Å². The summed E-state index contributed by atoms with van der Waals surface area (Å²) in [6, 6.07) is 6.95. The number of benzene rings is 1.